The van der Waals surface area contributed by atoms with Crippen molar-refractivity contribution in [2.75, 3.05) is 37.4 Å². The van der Waals surface area contributed by atoms with Crippen molar-refractivity contribution in [1.82, 2.24) is 14.9 Å². The number of nitrogens with zero attached hydrogens (tertiary/aromatic N) is 3. The normalized spacial score (nSPS) is 24.5. The molecule has 2 fully saturated rings. The van der Waals surface area contributed by atoms with E-state index in [1.54, 1.807) is 11.3 Å². The van der Waals surface area contributed by atoms with Gasteiger partial charge >= 0.3 is 0 Å². The fourth-order valence-electron chi connectivity index (χ4n) is 3.11. The summed E-state index contributed by atoms with van der Waals surface area (Å²) in [5, 5.41) is 10.1. The number of aryl methyl sites for hydroxylation is 1. The molecular weight excluding hydrogens is 312 g/mol. The minimum absolute atomic E-state index is 0.126. The highest BCUT2D eigenvalue weighted by atomic mass is 32.2. The first kappa shape index (κ1) is 15.1. The van der Waals surface area contributed by atoms with Crippen molar-refractivity contribution in [2.45, 2.75) is 25.4 Å². The van der Waals surface area contributed by atoms with E-state index >= 15 is 0 Å². The van der Waals surface area contributed by atoms with Gasteiger partial charge in [-0.25, -0.2) is 13.1 Å². The number of rotatable bonds is 5. The average Bonchev–Trinajstić information content (AvgIpc) is 2.92. The lowest BCUT2D eigenvalue weighted by Gasteiger charge is -2.50. The summed E-state index contributed by atoms with van der Waals surface area (Å²) < 4.78 is 30.8. The quantitative estimate of drug-likeness (QED) is 0.839. The van der Waals surface area contributed by atoms with Gasteiger partial charge in [0.15, 0.2) is 0 Å². The molecule has 2 saturated heterocycles. The third kappa shape index (κ3) is 3.20. The van der Waals surface area contributed by atoms with Crippen molar-refractivity contribution in [3.63, 3.8) is 0 Å². The molecule has 0 radical (unpaired) electrons. The van der Waals surface area contributed by atoms with E-state index in [4.69, 9.17) is 4.74 Å². The zero-order chi connectivity index (χ0) is 15.1. The van der Waals surface area contributed by atoms with E-state index in [2.05, 4.69) is 19.8 Å². The Balaban J connectivity index is 1.56. The predicted octanol–water partition coefficient (Wildman–Crippen LogP) is 0.381. The smallest absolute Gasteiger partial charge is 0.208 e. The van der Waals surface area contributed by atoms with Crippen LogP contribution >= 0.6 is 11.3 Å². The van der Waals surface area contributed by atoms with E-state index in [1.807, 2.05) is 6.92 Å². The number of anilines is 1. The van der Waals surface area contributed by atoms with Crippen LogP contribution in [0.2, 0.25) is 0 Å². The lowest BCUT2D eigenvalue weighted by Crippen LogP contribution is -2.65. The summed E-state index contributed by atoms with van der Waals surface area (Å²) in [6.07, 6.45) is 3.00. The van der Waals surface area contributed by atoms with Crippen LogP contribution in [0.25, 0.3) is 0 Å². The van der Waals surface area contributed by atoms with Gasteiger partial charge in [0, 0.05) is 13.2 Å². The molecular formula is C12H20N4O3S2. The summed E-state index contributed by atoms with van der Waals surface area (Å²) in [4.78, 5) is 2.19. The molecule has 2 aliphatic heterocycles. The summed E-state index contributed by atoms with van der Waals surface area (Å²) >= 11 is 1.59. The van der Waals surface area contributed by atoms with Gasteiger partial charge < -0.3 is 9.64 Å². The Bertz CT molecular complexity index is 610. The zero-order valence-electron chi connectivity index (χ0n) is 12.2. The molecule has 1 atom stereocenters. The molecule has 0 amide bonds. The second-order valence-corrected chi connectivity index (χ2v) is 8.81. The topological polar surface area (TPSA) is 84.4 Å². The van der Waals surface area contributed by atoms with Gasteiger partial charge in [-0.15, -0.1) is 10.2 Å². The van der Waals surface area contributed by atoms with Crippen molar-refractivity contribution in [2.24, 2.45) is 5.92 Å². The maximum Gasteiger partial charge on any atom is 0.208 e. The van der Waals surface area contributed by atoms with Crippen molar-refractivity contribution in [1.29, 1.82) is 0 Å². The molecule has 0 aromatic carbocycles. The van der Waals surface area contributed by atoms with Gasteiger partial charge in [0.05, 0.1) is 19.3 Å². The molecule has 2 aliphatic rings. The Morgan fingerprint density at radius 1 is 1.48 bits per heavy atom. The molecule has 3 rings (SSSR count). The van der Waals surface area contributed by atoms with Gasteiger partial charge in [0.1, 0.15) is 10.6 Å². The summed E-state index contributed by atoms with van der Waals surface area (Å²) in [7, 11) is -3.11. The van der Waals surface area contributed by atoms with Crippen molar-refractivity contribution < 1.29 is 13.2 Å². The maximum absolute atomic E-state index is 11.1. The van der Waals surface area contributed by atoms with Crippen molar-refractivity contribution in [3.05, 3.63) is 5.01 Å². The van der Waals surface area contributed by atoms with Gasteiger partial charge in [-0.2, -0.15) is 0 Å². The molecule has 0 unspecified atom stereocenters. The number of hydrogen-bond acceptors (Lipinski definition) is 7. The average molecular weight is 332 g/mol. The van der Waals surface area contributed by atoms with Crippen molar-refractivity contribution >= 4 is 26.5 Å². The second-order valence-electron chi connectivity index (χ2n) is 5.81. The summed E-state index contributed by atoms with van der Waals surface area (Å²) in [6.45, 7) is 4.83. The standard InChI is InChI=1S/C12H20N4O3S2/c1-9-14-15-11(20-9)16-7-12(8-16)10(4-6-19-12)3-5-13-21(2,17)18/h10,13H,3-8H2,1-2H3/t10-/m0/s1. The van der Waals surface area contributed by atoms with Crippen LogP contribution in [-0.4, -0.2) is 56.7 Å². The lowest BCUT2D eigenvalue weighted by atomic mass is 9.79. The van der Waals surface area contributed by atoms with Crippen LogP contribution < -0.4 is 9.62 Å². The van der Waals surface area contributed by atoms with Crippen LogP contribution in [0.1, 0.15) is 17.8 Å². The Labute approximate surface area is 128 Å². The van der Waals surface area contributed by atoms with E-state index in [9.17, 15) is 8.42 Å². The predicted molar refractivity (Wildman–Crippen MR) is 81.1 cm³/mol. The molecule has 3 heterocycles. The Hall–Kier alpha value is -0.770. The molecule has 1 aromatic rings. The fourth-order valence-corrected chi connectivity index (χ4v) is 4.28. The zero-order valence-corrected chi connectivity index (χ0v) is 13.8. The van der Waals surface area contributed by atoms with E-state index in [0.717, 1.165) is 42.7 Å². The van der Waals surface area contributed by atoms with Crippen LogP contribution in [0.4, 0.5) is 5.13 Å². The minimum atomic E-state index is -3.11. The number of hydrogen-bond donors (Lipinski definition) is 1. The highest BCUT2D eigenvalue weighted by molar-refractivity contribution is 7.88. The van der Waals surface area contributed by atoms with Crippen LogP contribution in [0.5, 0.6) is 0 Å². The minimum Gasteiger partial charge on any atom is -0.371 e. The Morgan fingerprint density at radius 2 is 2.24 bits per heavy atom. The monoisotopic (exact) mass is 332 g/mol. The molecule has 0 aliphatic carbocycles. The van der Waals surface area contributed by atoms with Crippen LogP contribution in [0, 0.1) is 12.8 Å². The van der Waals surface area contributed by atoms with Gasteiger partial charge in [0.25, 0.3) is 0 Å². The summed E-state index contributed by atoms with van der Waals surface area (Å²) in [5.74, 6) is 0.400. The first-order valence-electron chi connectivity index (χ1n) is 7.02. The maximum atomic E-state index is 11.1. The summed E-state index contributed by atoms with van der Waals surface area (Å²) in [6, 6.07) is 0. The second kappa shape index (κ2) is 5.45. The van der Waals surface area contributed by atoms with Crippen molar-refractivity contribution in [3.8, 4) is 0 Å². The molecule has 21 heavy (non-hydrogen) atoms. The van der Waals surface area contributed by atoms with Crippen LogP contribution in [-0.2, 0) is 14.8 Å². The first-order chi connectivity index (χ1) is 9.88. The van der Waals surface area contributed by atoms with Gasteiger partial charge in [-0.05, 0) is 25.7 Å². The molecule has 9 heteroatoms. The largest absolute Gasteiger partial charge is 0.371 e. The molecule has 118 valence electrons. The van der Waals surface area contributed by atoms with E-state index in [0.29, 0.717) is 12.5 Å². The third-order valence-corrected chi connectivity index (χ3v) is 5.79. The van der Waals surface area contributed by atoms with E-state index in [1.165, 1.54) is 6.26 Å². The number of ether oxygens (including phenoxy) is 1. The Morgan fingerprint density at radius 3 is 2.86 bits per heavy atom. The molecule has 0 saturated carbocycles. The van der Waals surface area contributed by atoms with E-state index < -0.39 is 10.0 Å². The number of sulfonamides is 1. The lowest BCUT2D eigenvalue weighted by molar-refractivity contribution is -0.0451. The molecule has 1 N–H and O–H groups in total. The molecule has 7 nitrogen and oxygen atoms in total. The Kier molecular flexibility index (Phi) is 3.93. The number of aromatic nitrogens is 2. The van der Waals surface area contributed by atoms with Gasteiger partial charge in [0.2, 0.25) is 15.2 Å². The highest BCUT2D eigenvalue weighted by Crippen LogP contribution is 2.43. The third-order valence-electron chi connectivity index (χ3n) is 4.16. The first-order valence-corrected chi connectivity index (χ1v) is 9.72. The molecule has 1 spiro atoms. The SMILES string of the molecule is Cc1nnc(N2CC3(C2)OCC[C@@H]3CCNS(C)(=O)=O)s1. The van der Waals surface area contributed by atoms with E-state index in [-0.39, 0.29) is 5.60 Å². The van der Waals surface area contributed by atoms with Crippen LogP contribution in [0.15, 0.2) is 0 Å². The fraction of sp³-hybridized carbons (Fsp3) is 0.833. The number of nitrogens with one attached hydrogen (secondary N) is 1. The summed E-state index contributed by atoms with van der Waals surface area (Å²) in [5.41, 5.74) is -0.126. The van der Waals surface area contributed by atoms with Crippen LogP contribution in [0.3, 0.4) is 0 Å². The molecule has 0 bridgehead atoms. The highest BCUT2D eigenvalue weighted by Gasteiger charge is 2.53. The molecule has 1 aromatic heterocycles. The van der Waals surface area contributed by atoms with Gasteiger partial charge in [-0.3, -0.25) is 0 Å². The van der Waals surface area contributed by atoms with Gasteiger partial charge in [-0.1, -0.05) is 11.3 Å².